The highest BCUT2D eigenvalue weighted by molar-refractivity contribution is 5.73. The number of carbonyl (C=O) groups is 1. The lowest BCUT2D eigenvalue weighted by Crippen LogP contribution is -2.34. The van der Waals surface area contributed by atoms with E-state index in [1.165, 1.54) is 0 Å². The van der Waals surface area contributed by atoms with E-state index in [9.17, 15) is 4.79 Å². The molecule has 1 aromatic heterocycles. The van der Waals surface area contributed by atoms with E-state index in [2.05, 4.69) is 18.9 Å². The number of ether oxygens (including phenoxy) is 2. The molecule has 0 amide bonds. The van der Waals surface area contributed by atoms with Crippen LogP contribution in [0.2, 0.25) is 0 Å². The van der Waals surface area contributed by atoms with E-state index < -0.39 is 0 Å². The molecule has 5 nitrogen and oxygen atoms in total. The lowest BCUT2D eigenvalue weighted by atomic mass is 9.85. The Labute approximate surface area is 113 Å². The summed E-state index contributed by atoms with van der Waals surface area (Å²) in [6.07, 6.45) is 2.50. The van der Waals surface area contributed by atoms with Gasteiger partial charge in [-0.05, 0) is 33.3 Å². The number of carbonyl (C=O) groups excluding carboxylic acids is 1. The van der Waals surface area contributed by atoms with Crippen LogP contribution in [0.4, 0.5) is 0 Å². The summed E-state index contributed by atoms with van der Waals surface area (Å²) in [5.74, 6) is -0.201. The number of hydrogen-bond acceptors (Lipinski definition) is 4. The van der Waals surface area contributed by atoms with Crippen LogP contribution in [0.5, 0.6) is 0 Å². The lowest BCUT2D eigenvalue weighted by Gasteiger charge is -2.30. The third kappa shape index (κ3) is 2.97. The largest absolute Gasteiger partial charge is 0.466 e. The SMILES string of the molecule is CCOC(=O)[C@H]1CCOC[C@@H]1c1ccnn1C(C)C. The highest BCUT2D eigenvalue weighted by Gasteiger charge is 2.35. The zero-order valence-electron chi connectivity index (χ0n) is 11.8. The van der Waals surface area contributed by atoms with E-state index in [1.54, 1.807) is 6.20 Å². The summed E-state index contributed by atoms with van der Waals surface area (Å²) in [6.45, 7) is 7.60. The fourth-order valence-electron chi connectivity index (χ4n) is 2.61. The Morgan fingerprint density at radius 2 is 2.42 bits per heavy atom. The predicted molar refractivity (Wildman–Crippen MR) is 70.9 cm³/mol. The minimum atomic E-state index is -0.122. The normalized spacial score (nSPS) is 23.6. The van der Waals surface area contributed by atoms with Crippen LogP contribution in [0.1, 0.15) is 44.8 Å². The quantitative estimate of drug-likeness (QED) is 0.784. The molecule has 0 bridgehead atoms. The van der Waals surface area contributed by atoms with Crippen LogP contribution < -0.4 is 0 Å². The van der Waals surface area contributed by atoms with Crippen molar-refractivity contribution < 1.29 is 14.3 Å². The van der Waals surface area contributed by atoms with Crippen molar-refractivity contribution in [1.82, 2.24) is 9.78 Å². The Morgan fingerprint density at radius 3 is 3.11 bits per heavy atom. The second-order valence-electron chi connectivity index (χ2n) is 5.12. The summed E-state index contributed by atoms with van der Waals surface area (Å²) in [6, 6.07) is 2.25. The minimum Gasteiger partial charge on any atom is -0.466 e. The standard InChI is InChI=1S/C14H22N2O3/c1-4-19-14(17)11-6-8-18-9-12(11)13-5-7-15-16(13)10(2)3/h5,7,10-12H,4,6,8-9H2,1-3H3/t11-,12-/m0/s1. The maximum absolute atomic E-state index is 12.1. The zero-order chi connectivity index (χ0) is 13.8. The van der Waals surface area contributed by atoms with Crippen molar-refractivity contribution in [2.24, 2.45) is 5.92 Å². The van der Waals surface area contributed by atoms with E-state index in [-0.39, 0.29) is 23.8 Å². The van der Waals surface area contributed by atoms with Crippen LogP contribution in [0.15, 0.2) is 12.3 Å². The van der Waals surface area contributed by atoms with Gasteiger partial charge in [0.15, 0.2) is 0 Å². The summed E-state index contributed by atoms with van der Waals surface area (Å²) < 4.78 is 12.7. The van der Waals surface area contributed by atoms with Gasteiger partial charge in [-0.2, -0.15) is 5.10 Å². The second-order valence-corrected chi connectivity index (χ2v) is 5.12. The van der Waals surface area contributed by atoms with E-state index in [0.29, 0.717) is 26.2 Å². The summed E-state index contributed by atoms with van der Waals surface area (Å²) in [5.41, 5.74) is 1.06. The number of aromatic nitrogens is 2. The second kappa shape index (κ2) is 6.19. The summed E-state index contributed by atoms with van der Waals surface area (Å²) in [4.78, 5) is 12.1. The molecule has 0 N–H and O–H groups in total. The van der Waals surface area contributed by atoms with Crippen molar-refractivity contribution in [1.29, 1.82) is 0 Å². The van der Waals surface area contributed by atoms with Gasteiger partial charge in [0.25, 0.3) is 0 Å². The molecule has 2 atom stereocenters. The number of esters is 1. The average Bonchev–Trinajstić information content (AvgIpc) is 2.88. The van der Waals surface area contributed by atoms with E-state index >= 15 is 0 Å². The van der Waals surface area contributed by atoms with Gasteiger partial charge in [0.1, 0.15) is 0 Å². The van der Waals surface area contributed by atoms with E-state index in [4.69, 9.17) is 9.47 Å². The van der Waals surface area contributed by atoms with Crippen LogP contribution in [-0.2, 0) is 14.3 Å². The van der Waals surface area contributed by atoms with Crippen LogP contribution in [-0.4, -0.2) is 35.6 Å². The monoisotopic (exact) mass is 266 g/mol. The van der Waals surface area contributed by atoms with Crippen molar-refractivity contribution in [2.75, 3.05) is 19.8 Å². The van der Waals surface area contributed by atoms with E-state index in [1.807, 2.05) is 17.7 Å². The molecule has 0 spiro atoms. The van der Waals surface area contributed by atoms with Gasteiger partial charge in [0.2, 0.25) is 0 Å². The molecule has 1 aliphatic heterocycles. The minimum absolute atomic E-state index is 0.0395. The molecule has 0 unspecified atom stereocenters. The predicted octanol–water partition coefficient (Wildman–Crippen LogP) is 2.15. The summed E-state index contributed by atoms with van der Waals surface area (Å²) >= 11 is 0. The Hall–Kier alpha value is -1.36. The fourth-order valence-corrected chi connectivity index (χ4v) is 2.61. The molecular weight excluding hydrogens is 244 g/mol. The van der Waals surface area contributed by atoms with Gasteiger partial charge >= 0.3 is 5.97 Å². The molecule has 0 aromatic carbocycles. The average molecular weight is 266 g/mol. The van der Waals surface area contributed by atoms with Crippen LogP contribution >= 0.6 is 0 Å². The van der Waals surface area contributed by atoms with Crippen LogP contribution in [0.25, 0.3) is 0 Å². The number of nitrogens with zero attached hydrogens (tertiary/aromatic N) is 2. The zero-order valence-corrected chi connectivity index (χ0v) is 11.8. The van der Waals surface area contributed by atoms with Crippen molar-refractivity contribution in [2.45, 2.75) is 39.2 Å². The number of rotatable bonds is 4. The maximum atomic E-state index is 12.1. The van der Waals surface area contributed by atoms with Crippen molar-refractivity contribution in [3.8, 4) is 0 Å². The summed E-state index contributed by atoms with van der Waals surface area (Å²) in [7, 11) is 0. The van der Waals surface area contributed by atoms with Crippen molar-refractivity contribution >= 4 is 5.97 Å². The molecule has 1 fully saturated rings. The Balaban J connectivity index is 2.23. The molecule has 0 saturated carbocycles. The van der Waals surface area contributed by atoms with Gasteiger partial charge in [-0.25, -0.2) is 0 Å². The Morgan fingerprint density at radius 1 is 1.63 bits per heavy atom. The Kier molecular flexibility index (Phi) is 4.58. The Bertz CT molecular complexity index is 428. The van der Waals surface area contributed by atoms with Gasteiger partial charge in [-0.15, -0.1) is 0 Å². The molecule has 1 aliphatic rings. The molecule has 0 radical (unpaired) electrons. The first-order chi connectivity index (χ1) is 9.15. The molecule has 1 aromatic rings. The fraction of sp³-hybridized carbons (Fsp3) is 0.714. The molecule has 2 heterocycles. The highest BCUT2D eigenvalue weighted by atomic mass is 16.5. The third-order valence-electron chi connectivity index (χ3n) is 3.52. The van der Waals surface area contributed by atoms with Gasteiger partial charge in [-0.3, -0.25) is 9.48 Å². The van der Waals surface area contributed by atoms with Crippen molar-refractivity contribution in [3.63, 3.8) is 0 Å². The molecule has 2 rings (SSSR count). The van der Waals surface area contributed by atoms with Crippen molar-refractivity contribution in [3.05, 3.63) is 18.0 Å². The first kappa shape index (κ1) is 14.1. The molecule has 1 saturated heterocycles. The molecule has 19 heavy (non-hydrogen) atoms. The molecule has 5 heteroatoms. The van der Waals surface area contributed by atoms with Gasteiger partial charge in [0.05, 0.1) is 19.1 Å². The maximum Gasteiger partial charge on any atom is 0.309 e. The summed E-state index contributed by atoms with van der Waals surface area (Å²) in [5, 5.41) is 4.34. The van der Waals surface area contributed by atoms with Gasteiger partial charge < -0.3 is 9.47 Å². The highest BCUT2D eigenvalue weighted by Crippen LogP contribution is 2.33. The smallest absolute Gasteiger partial charge is 0.309 e. The van der Waals surface area contributed by atoms with Crippen LogP contribution in [0, 0.1) is 5.92 Å². The van der Waals surface area contributed by atoms with Crippen LogP contribution in [0.3, 0.4) is 0 Å². The molecule has 0 aliphatic carbocycles. The van der Waals surface area contributed by atoms with Gasteiger partial charge in [0, 0.05) is 30.5 Å². The van der Waals surface area contributed by atoms with E-state index in [0.717, 1.165) is 5.69 Å². The molecule has 106 valence electrons. The first-order valence-electron chi connectivity index (χ1n) is 6.93. The lowest BCUT2D eigenvalue weighted by molar-refractivity contribution is -0.152. The topological polar surface area (TPSA) is 53.4 Å². The molecular formula is C14H22N2O3. The van der Waals surface area contributed by atoms with Gasteiger partial charge in [-0.1, -0.05) is 0 Å². The first-order valence-corrected chi connectivity index (χ1v) is 6.93. The number of hydrogen-bond donors (Lipinski definition) is 0. The third-order valence-corrected chi connectivity index (χ3v) is 3.52.